The lowest BCUT2D eigenvalue weighted by molar-refractivity contribution is -0.130. The van der Waals surface area contributed by atoms with E-state index in [-0.39, 0.29) is 29.6 Å². The Morgan fingerprint density at radius 1 is 1.03 bits per heavy atom. The molecule has 0 atom stereocenters. The van der Waals surface area contributed by atoms with Gasteiger partial charge in [0.05, 0.1) is 12.1 Å². The first kappa shape index (κ1) is 20.8. The highest BCUT2D eigenvalue weighted by Gasteiger charge is 2.27. The van der Waals surface area contributed by atoms with Crippen LogP contribution in [0.5, 0.6) is 0 Å². The molecule has 0 aliphatic carbocycles. The van der Waals surface area contributed by atoms with Gasteiger partial charge in [0.25, 0.3) is 11.5 Å². The molecule has 2 aromatic heterocycles. The number of hydrogen-bond donors (Lipinski definition) is 1. The van der Waals surface area contributed by atoms with Gasteiger partial charge < -0.3 is 19.2 Å². The van der Waals surface area contributed by atoms with E-state index in [1.807, 2.05) is 6.92 Å². The molecule has 0 bridgehead atoms. The predicted octanol–water partition coefficient (Wildman–Crippen LogP) is 1.16. The topological polar surface area (TPSA) is 112 Å². The normalized spacial score (nSPS) is 14.8. The maximum absolute atomic E-state index is 12.8. The molecule has 29 heavy (non-hydrogen) atoms. The van der Waals surface area contributed by atoms with Gasteiger partial charge in [0.15, 0.2) is 5.89 Å². The number of aromatic amines is 1. The Morgan fingerprint density at radius 2 is 1.72 bits per heavy atom. The van der Waals surface area contributed by atoms with Crippen LogP contribution in [-0.4, -0.2) is 62.7 Å². The number of carbonyl (C=O) groups excluding carboxylic acids is 2. The standard InChI is InChI=1S/C20H27N5O4/c1-5-16-22-13(3)18(29-16)20(28)25-8-6-7-24(9-10-25)17(26)11-15-12(2)21-14(4)23-19(15)27/h5-11H2,1-4H3,(H,21,23,27). The number of nitrogens with one attached hydrogen (secondary N) is 1. The van der Waals surface area contributed by atoms with Crippen LogP contribution in [0.4, 0.5) is 0 Å². The summed E-state index contributed by atoms with van der Waals surface area (Å²) in [4.78, 5) is 52.3. The average Bonchev–Trinajstić information content (AvgIpc) is 2.88. The van der Waals surface area contributed by atoms with Gasteiger partial charge in [-0.15, -0.1) is 0 Å². The van der Waals surface area contributed by atoms with Crippen LogP contribution in [-0.2, 0) is 17.6 Å². The SMILES string of the molecule is CCc1nc(C)c(C(=O)N2CCCN(C(=O)Cc3c(C)nc(C)[nH]c3=O)CC2)o1. The first-order chi connectivity index (χ1) is 13.8. The molecule has 1 saturated heterocycles. The zero-order chi connectivity index (χ0) is 21.1. The number of rotatable bonds is 4. The van der Waals surface area contributed by atoms with E-state index >= 15 is 0 Å². The fourth-order valence-electron chi connectivity index (χ4n) is 3.54. The molecule has 0 unspecified atom stereocenters. The van der Waals surface area contributed by atoms with Crippen molar-refractivity contribution in [2.24, 2.45) is 0 Å². The summed E-state index contributed by atoms with van der Waals surface area (Å²) in [5.41, 5.74) is 1.27. The second-order valence-electron chi connectivity index (χ2n) is 7.29. The number of aromatic nitrogens is 3. The third-order valence-electron chi connectivity index (χ3n) is 5.14. The summed E-state index contributed by atoms with van der Waals surface area (Å²) in [6.45, 7) is 9.02. The third-order valence-corrected chi connectivity index (χ3v) is 5.14. The summed E-state index contributed by atoms with van der Waals surface area (Å²) in [6, 6.07) is 0. The summed E-state index contributed by atoms with van der Waals surface area (Å²) in [7, 11) is 0. The molecule has 2 aromatic rings. The minimum atomic E-state index is -0.275. The maximum atomic E-state index is 12.8. The summed E-state index contributed by atoms with van der Waals surface area (Å²) in [5.74, 6) is 1.02. The van der Waals surface area contributed by atoms with E-state index in [9.17, 15) is 14.4 Å². The highest BCUT2D eigenvalue weighted by atomic mass is 16.4. The van der Waals surface area contributed by atoms with Gasteiger partial charge in [0, 0.05) is 43.9 Å². The van der Waals surface area contributed by atoms with Crippen molar-refractivity contribution in [3.05, 3.63) is 44.8 Å². The molecule has 1 N–H and O–H groups in total. The number of amides is 2. The van der Waals surface area contributed by atoms with Crippen LogP contribution in [0.25, 0.3) is 0 Å². The number of aryl methyl sites for hydroxylation is 4. The second kappa shape index (κ2) is 8.59. The molecule has 3 rings (SSSR count). The minimum absolute atomic E-state index is 0.00344. The first-order valence-electron chi connectivity index (χ1n) is 9.89. The number of carbonyl (C=O) groups is 2. The van der Waals surface area contributed by atoms with Crippen molar-refractivity contribution in [1.82, 2.24) is 24.8 Å². The van der Waals surface area contributed by atoms with Gasteiger partial charge >= 0.3 is 0 Å². The minimum Gasteiger partial charge on any atom is -0.435 e. The van der Waals surface area contributed by atoms with Crippen LogP contribution >= 0.6 is 0 Å². The molecule has 1 aliphatic heterocycles. The lowest BCUT2D eigenvalue weighted by Gasteiger charge is -2.22. The second-order valence-corrected chi connectivity index (χ2v) is 7.29. The van der Waals surface area contributed by atoms with E-state index in [4.69, 9.17) is 4.42 Å². The number of hydrogen-bond acceptors (Lipinski definition) is 6. The zero-order valence-electron chi connectivity index (χ0n) is 17.4. The molecule has 3 heterocycles. The lowest BCUT2D eigenvalue weighted by Crippen LogP contribution is -2.38. The molecule has 2 amide bonds. The molecule has 0 aromatic carbocycles. The molecular formula is C20H27N5O4. The van der Waals surface area contributed by atoms with E-state index < -0.39 is 0 Å². The quantitative estimate of drug-likeness (QED) is 0.823. The molecule has 9 nitrogen and oxygen atoms in total. The summed E-state index contributed by atoms with van der Waals surface area (Å²) >= 11 is 0. The molecule has 1 fully saturated rings. The van der Waals surface area contributed by atoms with Gasteiger partial charge in [0.2, 0.25) is 11.7 Å². The fourth-order valence-corrected chi connectivity index (χ4v) is 3.54. The summed E-state index contributed by atoms with van der Waals surface area (Å²) < 4.78 is 5.58. The Morgan fingerprint density at radius 3 is 2.38 bits per heavy atom. The predicted molar refractivity (Wildman–Crippen MR) is 106 cm³/mol. The molecule has 9 heteroatoms. The zero-order valence-corrected chi connectivity index (χ0v) is 17.4. The van der Waals surface area contributed by atoms with Crippen molar-refractivity contribution in [2.75, 3.05) is 26.2 Å². The Balaban J connectivity index is 1.66. The van der Waals surface area contributed by atoms with Crippen LogP contribution in [0.3, 0.4) is 0 Å². The fraction of sp³-hybridized carbons (Fsp3) is 0.550. The monoisotopic (exact) mass is 401 g/mol. The summed E-state index contributed by atoms with van der Waals surface area (Å²) in [5, 5.41) is 0. The molecule has 1 aliphatic rings. The van der Waals surface area contributed by atoms with Crippen molar-refractivity contribution in [2.45, 2.75) is 47.0 Å². The van der Waals surface area contributed by atoms with Crippen LogP contribution in [0.15, 0.2) is 9.21 Å². The lowest BCUT2D eigenvalue weighted by atomic mass is 10.1. The van der Waals surface area contributed by atoms with Crippen LogP contribution in [0.2, 0.25) is 0 Å². The van der Waals surface area contributed by atoms with E-state index in [2.05, 4.69) is 15.0 Å². The molecule has 0 saturated carbocycles. The Hall–Kier alpha value is -2.97. The van der Waals surface area contributed by atoms with Gasteiger partial charge in [0.1, 0.15) is 5.82 Å². The van der Waals surface area contributed by atoms with Gasteiger partial charge in [-0.1, -0.05) is 6.92 Å². The molecule has 0 spiro atoms. The van der Waals surface area contributed by atoms with Crippen LogP contribution in [0.1, 0.15) is 52.6 Å². The third kappa shape index (κ3) is 4.55. The summed E-state index contributed by atoms with van der Waals surface area (Å²) in [6.07, 6.45) is 1.29. The van der Waals surface area contributed by atoms with Gasteiger partial charge in [-0.2, -0.15) is 0 Å². The van der Waals surface area contributed by atoms with E-state index in [1.165, 1.54) is 0 Å². The number of nitrogens with zero attached hydrogens (tertiary/aromatic N) is 4. The molecule has 0 radical (unpaired) electrons. The average molecular weight is 401 g/mol. The Labute approximate surface area is 169 Å². The Kier molecular flexibility index (Phi) is 6.14. The van der Waals surface area contributed by atoms with E-state index in [0.717, 1.165) is 0 Å². The van der Waals surface area contributed by atoms with Crippen molar-refractivity contribution in [3.8, 4) is 0 Å². The van der Waals surface area contributed by atoms with Gasteiger partial charge in [-0.05, 0) is 27.2 Å². The van der Waals surface area contributed by atoms with Gasteiger partial charge in [-0.25, -0.2) is 9.97 Å². The molecular weight excluding hydrogens is 374 g/mol. The maximum Gasteiger partial charge on any atom is 0.291 e. The highest BCUT2D eigenvalue weighted by Crippen LogP contribution is 2.16. The number of oxazole rings is 1. The van der Waals surface area contributed by atoms with Crippen LogP contribution < -0.4 is 5.56 Å². The van der Waals surface area contributed by atoms with Crippen LogP contribution in [0, 0.1) is 20.8 Å². The number of H-pyrrole nitrogens is 1. The first-order valence-corrected chi connectivity index (χ1v) is 9.89. The van der Waals surface area contributed by atoms with Crippen molar-refractivity contribution >= 4 is 11.8 Å². The van der Waals surface area contributed by atoms with Gasteiger partial charge in [-0.3, -0.25) is 14.4 Å². The largest absolute Gasteiger partial charge is 0.435 e. The molecule has 156 valence electrons. The van der Waals surface area contributed by atoms with E-state index in [0.29, 0.717) is 67.7 Å². The van der Waals surface area contributed by atoms with Crippen molar-refractivity contribution < 1.29 is 14.0 Å². The smallest absolute Gasteiger partial charge is 0.291 e. The Bertz CT molecular complexity index is 978. The van der Waals surface area contributed by atoms with E-state index in [1.54, 1.807) is 30.6 Å². The van der Waals surface area contributed by atoms with Crippen molar-refractivity contribution in [3.63, 3.8) is 0 Å². The highest BCUT2D eigenvalue weighted by molar-refractivity contribution is 5.92. The van der Waals surface area contributed by atoms with Crippen molar-refractivity contribution in [1.29, 1.82) is 0 Å².